The lowest BCUT2D eigenvalue weighted by atomic mass is 10.1. The highest BCUT2D eigenvalue weighted by atomic mass is 32.2. The minimum Gasteiger partial charge on any atom is -0.493 e. The lowest BCUT2D eigenvalue weighted by Gasteiger charge is -2.15. The van der Waals surface area contributed by atoms with Gasteiger partial charge in [0.25, 0.3) is 11.8 Å². The van der Waals surface area contributed by atoms with Crippen LogP contribution < -0.4 is 30.2 Å². The van der Waals surface area contributed by atoms with E-state index in [9.17, 15) is 14.4 Å². The van der Waals surface area contributed by atoms with E-state index in [1.54, 1.807) is 68.8 Å². The fraction of sp³-hybridized carbons (Fsp3) is 0.179. The molecule has 0 aliphatic rings. The minimum absolute atomic E-state index is 0.0378. The van der Waals surface area contributed by atoms with Gasteiger partial charge in [-0.2, -0.15) is 0 Å². The predicted octanol–water partition coefficient (Wildman–Crippen LogP) is 8.15. The van der Waals surface area contributed by atoms with Crippen LogP contribution in [0.15, 0.2) is 113 Å². The molecule has 0 spiro atoms. The molecule has 5 rings (SSSR count). The fourth-order valence-electron chi connectivity index (χ4n) is 4.96. The van der Waals surface area contributed by atoms with Gasteiger partial charge in [0.05, 0.1) is 31.8 Å². The highest BCUT2D eigenvalue weighted by Crippen LogP contribution is 2.34. The molecule has 10 nitrogen and oxygen atoms in total. The first-order chi connectivity index (χ1) is 24.8. The van der Waals surface area contributed by atoms with Gasteiger partial charge in [-0.1, -0.05) is 49.4 Å². The molecular formula is C39H38N4O6S2. The normalized spacial score (nSPS) is 11.6. The number of carbonyl (C=O) groups is 3. The molecule has 4 aromatic carbocycles. The molecule has 0 saturated carbocycles. The molecule has 0 aliphatic heterocycles. The van der Waals surface area contributed by atoms with Gasteiger partial charge < -0.3 is 30.2 Å². The van der Waals surface area contributed by atoms with Crippen molar-refractivity contribution in [3.05, 3.63) is 119 Å². The second-order valence-electron chi connectivity index (χ2n) is 10.9. The fourth-order valence-corrected chi connectivity index (χ4v) is 6.70. The van der Waals surface area contributed by atoms with E-state index in [-0.39, 0.29) is 11.6 Å². The van der Waals surface area contributed by atoms with Gasteiger partial charge in [-0.05, 0) is 74.0 Å². The van der Waals surface area contributed by atoms with Gasteiger partial charge in [0.1, 0.15) is 11.4 Å². The maximum absolute atomic E-state index is 13.7. The Labute approximate surface area is 305 Å². The van der Waals surface area contributed by atoms with Gasteiger partial charge in [0.2, 0.25) is 5.91 Å². The van der Waals surface area contributed by atoms with E-state index in [4.69, 9.17) is 14.2 Å². The Hall–Kier alpha value is -5.59. The average Bonchev–Trinajstić information content (AvgIpc) is 3.62. The monoisotopic (exact) mass is 722 g/mol. The summed E-state index contributed by atoms with van der Waals surface area (Å²) in [5.41, 5.74) is 3.12. The van der Waals surface area contributed by atoms with Gasteiger partial charge in [-0.3, -0.25) is 14.4 Å². The van der Waals surface area contributed by atoms with Crippen LogP contribution in [0.25, 0.3) is 17.3 Å². The first kappa shape index (κ1) is 36.7. The number of thioether (sulfide) groups is 1. The molecule has 1 aromatic heterocycles. The van der Waals surface area contributed by atoms with E-state index in [0.29, 0.717) is 57.9 Å². The second kappa shape index (κ2) is 17.9. The smallest absolute Gasteiger partial charge is 0.272 e. The van der Waals surface area contributed by atoms with Crippen molar-refractivity contribution in [3.8, 4) is 28.5 Å². The van der Waals surface area contributed by atoms with Crippen LogP contribution in [0.3, 0.4) is 0 Å². The average molecular weight is 723 g/mol. The van der Waals surface area contributed by atoms with Gasteiger partial charge in [0.15, 0.2) is 16.6 Å². The van der Waals surface area contributed by atoms with E-state index in [1.807, 2.05) is 67.8 Å². The molecule has 0 saturated heterocycles. The topological polar surface area (TPSA) is 128 Å². The van der Waals surface area contributed by atoms with Crippen LogP contribution >= 0.6 is 23.1 Å². The van der Waals surface area contributed by atoms with E-state index >= 15 is 0 Å². The number of nitrogens with one attached hydrogen (secondary N) is 3. The Morgan fingerprint density at radius 3 is 2.35 bits per heavy atom. The highest BCUT2D eigenvalue weighted by molar-refractivity contribution is 8.00. The Kier molecular flexibility index (Phi) is 12.9. The summed E-state index contributed by atoms with van der Waals surface area (Å²) >= 11 is 2.71. The van der Waals surface area contributed by atoms with Crippen LogP contribution in [0, 0.1) is 0 Å². The summed E-state index contributed by atoms with van der Waals surface area (Å²) in [6.45, 7) is 4.25. The summed E-state index contributed by atoms with van der Waals surface area (Å²) in [4.78, 5) is 45.6. The van der Waals surface area contributed by atoms with Crippen molar-refractivity contribution in [1.29, 1.82) is 0 Å². The van der Waals surface area contributed by atoms with E-state index in [1.165, 1.54) is 23.1 Å². The third kappa shape index (κ3) is 9.77. The van der Waals surface area contributed by atoms with Crippen molar-refractivity contribution >= 4 is 57.7 Å². The minimum atomic E-state index is -0.522. The van der Waals surface area contributed by atoms with Crippen molar-refractivity contribution in [2.45, 2.75) is 30.4 Å². The van der Waals surface area contributed by atoms with Crippen molar-refractivity contribution in [1.82, 2.24) is 10.3 Å². The van der Waals surface area contributed by atoms with Crippen LogP contribution in [-0.4, -0.2) is 48.8 Å². The number of hydrogen-bond donors (Lipinski definition) is 3. The predicted molar refractivity (Wildman–Crippen MR) is 204 cm³/mol. The molecule has 1 unspecified atom stereocenters. The molecule has 1 heterocycles. The molecule has 5 aromatic rings. The van der Waals surface area contributed by atoms with Gasteiger partial charge in [0, 0.05) is 32.7 Å². The number of rotatable bonds is 15. The summed E-state index contributed by atoms with van der Waals surface area (Å²) < 4.78 is 16.5. The first-order valence-electron chi connectivity index (χ1n) is 16.2. The number of ether oxygens (including phenoxy) is 3. The molecule has 0 bridgehead atoms. The zero-order chi connectivity index (χ0) is 36.2. The molecule has 0 fully saturated rings. The second-order valence-corrected chi connectivity index (χ2v) is 13.1. The number of hydrogen-bond acceptors (Lipinski definition) is 9. The first-order valence-corrected chi connectivity index (χ1v) is 17.9. The number of methoxy groups -OCH3 is 2. The lowest BCUT2D eigenvalue weighted by molar-refractivity contribution is -0.116. The van der Waals surface area contributed by atoms with Gasteiger partial charge in [-0.15, -0.1) is 23.1 Å². The lowest BCUT2D eigenvalue weighted by Crippen LogP contribution is -2.30. The zero-order valence-corrected chi connectivity index (χ0v) is 30.2. The van der Waals surface area contributed by atoms with Crippen molar-refractivity contribution < 1.29 is 28.6 Å². The van der Waals surface area contributed by atoms with Crippen molar-refractivity contribution in [2.75, 3.05) is 31.5 Å². The molecule has 3 N–H and O–H groups in total. The molecule has 12 heteroatoms. The summed E-state index contributed by atoms with van der Waals surface area (Å²) in [5.74, 6) is 0.648. The van der Waals surface area contributed by atoms with E-state index in [2.05, 4.69) is 20.9 Å². The van der Waals surface area contributed by atoms with Crippen LogP contribution in [-0.2, 0) is 9.59 Å². The van der Waals surface area contributed by atoms with E-state index < -0.39 is 17.1 Å². The summed E-state index contributed by atoms with van der Waals surface area (Å²) in [6, 6.07) is 28.7. The van der Waals surface area contributed by atoms with Crippen LogP contribution in [0.5, 0.6) is 17.2 Å². The number of para-hydroxylation sites is 1. The van der Waals surface area contributed by atoms with Crippen LogP contribution in [0.1, 0.15) is 36.2 Å². The van der Waals surface area contributed by atoms with Crippen molar-refractivity contribution in [3.63, 3.8) is 0 Å². The summed E-state index contributed by atoms with van der Waals surface area (Å²) in [6.07, 6.45) is 2.14. The molecule has 262 valence electrons. The quantitative estimate of drug-likeness (QED) is 0.0730. The Morgan fingerprint density at radius 2 is 1.61 bits per heavy atom. The number of anilines is 2. The van der Waals surface area contributed by atoms with Gasteiger partial charge in [-0.25, -0.2) is 4.98 Å². The number of nitrogens with zero attached hydrogens (tertiary/aromatic N) is 1. The zero-order valence-electron chi connectivity index (χ0n) is 28.6. The maximum atomic E-state index is 13.7. The standard InChI is InChI=1S/C39H38N4O6S2/c1-5-35(38(46)43-39-42-31(24-50-39)26-19-20-33(47-3)34(22-26)48-4)51-29-17-12-16-28(23-29)40-37(45)30(41-36(44)25-13-8-7-9-14-25)21-27-15-10-11-18-32(27)49-6-2/h7-24,35H,5-6H2,1-4H3,(H,40,45)(H,41,44)(H,42,43,46)/b30-21+. The Bertz CT molecular complexity index is 2010. The number of carbonyl (C=O) groups excluding carboxylic acids is 3. The Balaban J connectivity index is 1.29. The Morgan fingerprint density at radius 1 is 0.843 bits per heavy atom. The molecule has 51 heavy (non-hydrogen) atoms. The molecule has 0 aliphatic carbocycles. The van der Waals surface area contributed by atoms with E-state index in [0.717, 1.165) is 10.5 Å². The SMILES string of the molecule is CCOc1ccccc1/C=C(/NC(=O)c1ccccc1)C(=O)Nc1cccc(SC(CC)C(=O)Nc2nc(-c3ccc(OC)c(OC)c3)cs2)c1. The largest absolute Gasteiger partial charge is 0.493 e. The summed E-state index contributed by atoms with van der Waals surface area (Å²) in [5, 5.41) is 10.5. The number of benzene rings is 4. The third-order valence-corrected chi connectivity index (χ3v) is 9.61. The van der Waals surface area contributed by atoms with Crippen molar-refractivity contribution in [2.24, 2.45) is 0 Å². The van der Waals surface area contributed by atoms with Gasteiger partial charge >= 0.3 is 0 Å². The highest BCUT2D eigenvalue weighted by Gasteiger charge is 2.21. The third-order valence-electron chi connectivity index (χ3n) is 7.49. The molecular weight excluding hydrogens is 685 g/mol. The summed E-state index contributed by atoms with van der Waals surface area (Å²) in [7, 11) is 3.16. The molecule has 0 radical (unpaired) electrons. The van der Waals surface area contributed by atoms with Crippen LogP contribution in [0.2, 0.25) is 0 Å². The maximum Gasteiger partial charge on any atom is 0.272 e. The number of aromatic nitrogens is 1. The number of amides is 3. The number of thiazole rings is 1. The molecule has 3 amide bonds. The molecule has 1 atom stereocenters. The van der Waals surface area contributed by atoms with Crippen LogP contribution in [0.4, 0.5) is 10.8 Å².